The quantitative estimate of drug-likeness (QED) is 0.695. The Labute approximate surface area is 140 Å². The average Bonchev–Trinajstić information content (AvgIpc) is 2.51. The highest BCUT2D eigenvalue weighted by Gasteiger charge is 2.10. The molecule has 0 aliphatic heterocycles. The summed E-state index contributed by atoms with van der Waals surface area (Å²) in [6.45, 7) is 4.09. The van der Waals surface area contributed by atoms with Crippen LogP contribution in [-0.2, 0) is 4.74 Å². The minimum absolute atomic E-state index is 0.0510. The van der Waals surface area contributed by atoms with Gasteiger partial charge in [-0.1, -0.05) is 17.7 Å². The summed E-state index contributed by atoms with van der Waals surface area (Å²) >= 11 is 5.88. The van der Waals surface area contributed by atoms with Crippen LogP contribution < -0.4 is 16.4 Å². The molecule has 122 valence electrons. The van der Waals surface area contributed by atoms with E-state index >= 15 is 0 Å². The van der Waals surface area contributed by atoms with Gasteiger partial charge < -0.3 is 15.8 Å². The Kier molecular flexibility index (Phi) is 5.71. The third kappa shape index (κ3) is 4.79. The van der Waals surface area contributed by atoms with Gasteiger partial charge in [-0.15, -0.1) is 0 Å². The SMILES string of the molecule is CCOC(=O)Nc1ccc([C@@H](C)Nc2ccc(Cl)cc2)cc1N. The number of nitrogen functional groups attached to an aromatic ring is 1. The molecule has 2 rings (SSSR count). The van der Waals surface area contributed by atoms with E-state index in [0.29, 0.717) is 23.0 Å². The fourth-order valence-electron chi connectivity index (χ4n) is 2.12. The summed E-state index contributed by atoms with van der Waals surface area (Å²) in [5.41, 5.74) is 8.99. The molecule has 0 heterocycles. The fraction of sp³-hybridized carbons (Fsp3) is 0.235. The first-order chi connectivity index (χ1) is 11.0. The first-order valence-corrected chi connectivity index (χ1v) is 7.72. The number of nitrogens with one attached hydrogen (secondary N) is 2. The van der Waals surface area contributed by atoms with E-state index < -0.39 is 6.09 Å². The molecule has 23 heavy (non-hydrogen) atoms. The molecule has 1 amide bonds. The molecule has 6 heteroatoms. The van der Waals surface area contributed by atoms with Crippen molar-refractivity contribution in [2.24, 2.45) is 0 Å². The summed E-state index contributed by atoms with van der Waals surface area (Å²) < 4.78 is 4.84. The van der Waals surface area contributed by atoms with Crippen molar-refractivity contribution in [3.8, 4) is 0 Å². The molecular weight excluding hydrogens is 314 g/mol. The Morgan fingerprint density at radius 3 is 2.57 bits per heavy atom. The highest BCUT2D eigenvalue weighted by Crippen LogP contribution is 2.26. The van der Waals surface area contributed by atoms with Crippen LogP contribution in [0, 0.1) is 0 Å². The predicted octanol–water partition coefficient (Wildman–Crippen LogP) is 4.66. The van der Waals surface area contributed by atoms with Gasteiger partial charge in [-0.2, -0.15) is 0 Å². The zero-order valence-electron chi connectivity index (χ0n) is 13.1. The summed E-state index contributed by atoms with van der Waals surface area (Å²) in [7, 11) is 0. The zero-order chi connectivity index (χ0) is 16.8. The number of hydrogen-bond acceptors (Lipinski definition) is 4. The van der Waals surface area contributed by atoms with Crippen molar-refractivity contribution in [3.63, 3.8) is 0 Å². The number of nitrogens with two attached hydrogens (primary N) is 1. The first-order valence-electron chi connectivity index (χ1n) is 7.35. The van der Waals surface area contributed by atoms with Crippen LogP contribution in [0.2, 0.25) is 5.02 Å². The van der Waals surface area contributed by atoms with Crippen LogP contribution in [0.4, 0.5) is 21.9 Å². The summed E-state index contributed by atoms with van der Waals surface area (Å²) in [5.74, 6) is 0. The molecule has 1 atom stereocenters. The number of ether oxygens (including phenoxy) is 1. The Balaban J connectivity index is 2.06. The van der Waals surface area contributed by atoms with E-state index in [9.17, 15) is 4.79 Å². The van der Waals surface area contributed by atoms with Gasteiger partial charge in [0.05, 0.1) is 18.0 Å². The normalized spacial score (nSPS) is 11.6. The molecule has 0 fully saturated rings. The lowest BCUT2D eigenvalue weighted by atomic mass is 10.1. The molecule has 0 saturated carbocycles. The molecular formula is C17H20ClN3O2. The topological polar surface area (TPSA) is 76.4 Å². The standard InChI is InChI=1S/C17H20ClN3O2/c1-3-23-17(22)21-16-9-4-12(10-15(16)19)11(2)20-14-7-5-13(18)6-8-14/h4-11,20H,3,19H2,1-2H3,(H,21,22)/t11-/m1/s1. The highest BCUT2D eigenvalue weighted by molar-refractivity contribution is 6.30. The van der Waals surface area contributed by atoms with Crippen LogP contribution in [0.5, 0.6) is 0 Å². The third-order valence-electron chi connectivity index (χ3n) is 3.32. The van der Waals surface area contributed by atoms with Crippen LogP contribution in [0.15, 0.2) is 42.5 Å². The molecule has 0 spiro atoms. The van der Waals surface area contributed by atoms with E-state index in [1.807, 2.05) is 43.3 Å². The Morgan fingerprint density at radius 2 is 1.96 bits per heavy atom. The lowest BCUT2D eigenvalue weighted by Crippen LogP contribution is -2.15. The second-order valence-electron chi connectivity index (χ2n) is 5.07. The molecule has 0 unspecified atom stereocenters. The average molecular weight is 334 g/mol. The monoisotopic (exact) mass is 333 g/mol. The van der Waals surface area contributed by atoms with Gasteiger partial charge in [0.2, 0.25) is 0 Å². The Hall–Kier alpha value is -2.40. The predicted molar refractivity (Wildman–Crippen MR) is 95.0 cm³/mol. The molecule has 0 bridgehead atoms. The van der Waals surface area contributed by atoms with Crippen molar-refractivity contribution in [2.45, 2.75) is 19.9 Å². The molecule has 2 aromatic rings. The van der Waals surface area contributed by atoms with Gasteiger partial charge >= 0.3 is 6.09 Å². The molecule has 0 radical (unpaired) electrons. The van der Waals surface area contributed by atoms with Gasteiger partial charge in [0, 0.05) is 16.8 Å². The summed E-state index contributed by atoms with van der Waals surface area (Å²) in [6.07, 6.45) is -0.515. The summed E-state index contributed by atoms with van der Waals surface area (Å²) in [5, 5.41) is 6.68. The Bertz CT molecular complexity index is 674. The van der Waals surface area contributed by atoms with Gasteiger partial charge in [0.15, 0.2) is 0 Å². The maximum Gasteiger partial charge on any atom is 0.411 e. The number of halogens is 1. The molecule has 0 saturated heterocycles. The summed E-state index contributed by atoms with van der Waals surface area (Å²) in [6, 6.07) is 13.0. The number of hydrogen-bond donors (Lipinski definition) is 3. The van der Waals surface area contributed by atoms with Crippen molar-refractivity contribution in [1.29, 1.82) is 0 Å². The summed E-state index contributed by atoms with van der Waals surface area (Å²) in [4.78, 5) is 11.4. The van der Waals surface area contributed by atoms with Crippen LogP contribution in [0.1, 0.15) is 25.5 Å². The lowest BCUT2D eigenvalue weighted by Gasteiger charge is -2.17. The van der Waals surface area contributed by atoms with Crippen molar-refractivity contribution < 1.29 is 9.53 Å². The van der Waals surface area contributed by atoms with Crippen LogP contribution in [-0.4, -0.2) is 12.7 Å². The van der Waals surface area contributed by atoms with Crippen LogP contribution in [0.25, 0.3) is 0 Å². The smallest absolute Gasteiger partial charge is 0.411 e. The lowest BCUT2D eigenvalue weighted by molar-refractivity contribution is 0.168. The van der Waals surface area contributed by atoms with E-state index in [2.05, 4.69) is 10.6 Å². The number of carbonyl (C=O) groups excluding carboxylic acids is 1. The molecule has 4 N–H and O–H groups in total. The van der Waals surface area contributed by atoms with Gasteiger partial charge in [-0.25, -0.2) is 4.79 Å². The maximum absolute atomic E-state index is 11.4. The third-order valence-corrected chi connectivity index (χ3v) is 3.57. The first kappa shape index (κ1) is 17.0. The van der Waals surface area contributed by atoms with Crippen molar-refractivity contribution >= 4 is 34.8 Å². The number of amides is 1. The molecule has 0 aromatic heterocycles. The van der Waals surface area contributed by atoms with Gasteiger partial charge in [-0.3, -0.25) is 5.32 Å². The van der Waals surface area contributed by atoms with E-state index in [4.69, 9.17) is 22.1 Å². The van der Waals surface area contributed by atoms with Crippen molar-refractivity contribution in [3.05, 3.63) is 53.1 Å². The minimum atomic E-state index is -0.515. The molecule has 0 aliphatic rings. The van der Waals surface area contributed by atoms with Gasteiger partial charge in [0.25, 0.3) is 0 Å². The number of rotatable bonds is 5. The van der Waals surface area contributed by atoms with Gasteiger partial charge in [-0.05, 0) is 55.8 Å². The van der Waals surface area contributed by atoms with E-state index in [-0.39, 0.29) is 6.04 Å². The minimum Gasteiger partial charge on any atom is -0.450 e. The van der Waals surface area contributed by atoms with Crippen LogP contribution >= 0.6 is 11.6 Å². The number of benzene rings is 2. The van der Waals surface area contributed by atoms with Crippen molar-refractivity contribution in [2.75, 3.05) is 23.0 Å². The molecule has 5 nitrogen and oxygen atoms in total. The van der Waals surface area contributed by atoms with E-state index in [1.165, 1.54) is 0 Å². The number of anilines is 3. The Morgan fingerprint density at radius 1 is 1.26 bits per heavy atom. The van der Waals surface area contributed by atoms with Gasteiger partial charge in [0.1, 0.15) is 0 Å². The van der Waals surface area contributed by atoms with E-state index in [1.54, 1.807) is 13.0 Å². The second kappa shape index (κ2) is 7.74. The molecule has 0 aliphatic carbocycles. The van der Waals surface area contributed by atoms with Crippen molar-refractivity contribution in [1.82, 2.24) is 0 Å². The van der Waals surface area contributed by atoms with Crippen LogP contribution in [0.3, 0.4) is 0 Å². The largest absolute Gasteiger partial charge is 0.450 e. The fourth-order valence-corrected chi connectivity index (χ4v) is 2.25. The second-order valence-corrected chi connectivity index (χ2v) is 5.50. The molecule has 2 aromatic carbocycles. The zero-order valence-corrected chi connectivity index (χ0v) is 13.9. The maximum atomic E-state index is 11.4. The van der Waals surface area contributed by atoms with E-state index in [0.717, 1.165) is 11.3 Å². The number of carbonyl (C=O) groups is 1. The highest BCUT2D eigenvalue weighted by atomic mass is 35.5.